The van der Waals surface area contributed by atoms with E-state index in [1.807, 2.05) is 0 Å². The van der Waals surface area contributed by atoms with E-state index in [1.165, 1.54) is 0 Å². The number of piperidine rings is 2. The standard InChI is InChI=1S/C13H21N5O7S/c19-11(8-3-5-14-6-4-8)15-16-12(20)10-2-1-9-7-17(10)13(21)18(9)25-26(22,23)24/h8-10,14H,1-7H2,(H,15,19)(H,16,20)(H,22,23,24)/t9-,10+/m0/s1. The Bertz CT molecular complexity index is 693. The van der Waals surface area contributed by atoms with Crippen molar-refractivity contribution in [1.82, 2.24) is 26.1 Å². The normalized spacial score (nSPS) is 26.7. The number of amides is 4. The molecule has 0 radical (unpaired) electrons. The van der Waals surface area contributed by atoms with Crippen LogP contribution >= 0.6 is 0 Å². The van der Waals surface area contributed by atoms with Gasteiger partial charge < -0.3 is 10.2 Å². The number of fused-ring (bicyclic) bond motifs is 2. The fourth-order valence-electron chi connectivity index (χ4n) is 3.50. The van der Waals surface area contributed by atoms with Gasteiger partial charge in [0.05, 0.1) is 6.04 Å². The van der Waals surface area contributed by atoms with Crippen molar-refractivity contribution in [2.24, 2.45) is 5.92 Å². The smallest absolute Gasteiger partial charge is 0.317 e. The zero-order chi connectivity index (χ0) is 18.9. The molecule has 3 saturated heterocycles. The van der Waals surface area contributed by atoms with Crippen LogP contribution in [0.5, 0.6) is 0 Å². The van der Waals surface area contributed by atoms with Crippen LogP contribution in [-0.4, -0.2) is 72.5 Å². The lowest BCUT2D eigenvalue weighted by molar-refractivity contribution is -0.134. The number of urea groups is 1. The quantitative estimate of drug-likeness (QED) is 0.321. The molecule has 0 aromatic rings. The van der Waals surface area contributed by atoms with Crippen molar-refractivity contribution in [3.63, 3.8) is 0 Å². The lowest BCUT2D eigenvalue weighted by Gasteiger charge is -2.29. The van der Waals surface area contributed by atoms with Gasteiger partial charge in [-0.2, -0.15) is 13.5 Å². The number of hydrogen-bond donors (Lipinski definition) is 4. The summed E-state index contributed by atoms with van der Waals surface area (Å²) < 4.78 is 34.8. The number of carbonyl (C=O) groups excluding carboxylic acids is 3. The lowest BCUT2D eigenvalue weighted by atomic mass is 9.97. The summed E-state index contributed by atoms with van der Waals surface area (Å²) in [4.78, 5) is 37.8. The van der Waals surface area contributed by atoms with Crippen LogP contribution in [0.15, 0.2) is 0 Å². The Labute approximate surface area is 150 Å². The molecule has 0 unspecified atom stereocenters. The third kappa shape index (κ3) is 4.06. The molecule has 0 spiro atoms. The predicted octanol–water partition coefficient (Wildman–Crippen LogP) is -1.86. The fraction of sp³-hybridized carbons (Fsp3) is 0.769. The zero-order valence-corrected chi connectivity index (χ0v) is 14.7. The minimum Gasteiger partial charge on any atom is -0.317 e. The van der Waals surface area contributed by atoms with Crippen molar-refractivity contribution in [3.05, 3.63) is 0 Å². The van der Waals surface area contributed by atoms with Gasteiger partial charge in [-0.15, -0.1) is 4.28 Å². The first-order chi connectivity index (χ1) is 12.3. The van der Waals surface area contributed by atoms with E-state index in [-0.39, 0.29) is 24.8 Å². The van der Waals surface area contributed by atoms with Gasteiger partial charge in [0.25, 0.3) is 5.91 Å². The van der Waals surface area contributed by atoms with Crippen molar-refractivity contribution in [2.45, 2.75) is 37.8 Å². The number of carbonyl (C=O) groups is 3. The summed E-state index contributed by atoms with van der Waals surface area (Å²) in [6.07, 6.45) is 1.95. The molecule has 4 N–H and O–H groups in total. The Kier molecular flexibility index (Phi) is 5.32. The lowest BCUT2D eigenvalue weighted by Crippen LogP contribution is -2.55. The molecule has 146 valence electrons. The average Bonchev–Trinajstić information content (AvgIpc) is 2.84. The van der Waals surface area contributed by atoms with Crippen LogP contribution in [0, 0.1) is 5.92 Å². The Morgan fingerprint density at radius 3 is 2.42 bits per heavy atom. The SMILES string of the molecule is O=C(NNC(=O)[C@H]1CC[C@H]2CN1C(=O)N2OS(=O)(=O)O)C1CCNCC1. The summed E-state index contributed by atoms with van der Waals surface area (Å²) in [6.45, 7) is 1.57. The van der Waals surface area contributed by atoms with Crippen LogP contribution in [0.2, 0.25) is 0 Å². The summed E-state index contributed by atoms with van der Waals surface area (Å²) in [5, 5.41) is 3.71. The zero-order valence-electron chi connectivity index (χ0n) is 13.9. The van der Waals surface area contributed by atoms with E-state index in [2.05, 4.69) is 20.5 Å². The molecular weight excluding hydrogens is 370 g/mol. The summed E-state index contributed by atoms with van der Waals surface area (Å²) in [5.41, 5.74) is 4.72. The molecule has 2 atom stereocenters. The summed E-state index contributed by atoms with van der Waals surface area (Å²) >= 11 is 0. The van der Waals surface area contributed by atoms with Gasteiger partial charge in [0.15, 0.2) is 0 Å². The van der Waals surface area contributed by atoms with Gasteiger partial charge in [-0.1, -0.05) is 0 Å². The number of rotatable bonds is 4. The molecule has 0 aromatic heterocycles. The summed E-state index contributed by atoms with van der Waals surface area (Å²) in [7, 11) is -4.84. The minimum atomic E-state index is -4.84. The van der Waals surface area contributed by atoms with Crippen LogP contribution in [-0.2, 0) is 24.3 Å². The molecule has 0 saturated carbocycles. The topological polar surface area (TPSA) is 157 Å². The highest BCUT2D eigenvalue weighted by Crippen LogP contribution is 2.30. The molecule has 3 fully saturated rings. The van der Waals surface area contributed by atoms with E-state index in [1.54, 1.807) is 0 Å². The number of hydrazine groups is 1. The van der Waals surface area contributed by atoms with Crippen molar-refractivity contribution in [2.75, 3.05) is 19.6 Å². The second kappa shape index (κ2) is 7.34. The maximum Gasteiger partial charge on any atom is 0.418 e. The number of hydroxylamine groups is 2. The van der Waals surface area contributed by atoms with E-state index in [0.29, 0.717) is 24.3 Å². The molecular formula is C13H21N5O7S. The second-order valence-corrected chi connectivity index (χ2v) is 7.52. The number of hydrogen-bond acceptors (Lipinski definition) is 7. The van der Waals surface area contributed by atoms with Crippen molar-refractivity contribution in [1.29, 1.82) is 0 Å². The highest BCUT2D eigenvalue weighted by atomic mass is 32.3. The maximum atomic E-state index is 12.4. The third-order valence-corrected chi connectivity index (χ3v) is 5.17. The molecule has 3 aliphatic rings. The van der Waals surface area contributed by atoms with Gasteiger partial charge in [0, 0.05) is 12.5 Å². The van der Waals surface area contributed by atoms with Gasteiger partial charge in [-0.25, -0.2) is 4.79 Å². The van der Waals surface area contributed by atoms with Crippen molar-refractivity contribution in [3.8, 4) is 0 Å². The average molecular weight is 391 g/mol. The first-order valence-electron chi connectivity index (χ1n) is 8.33. The van der Waals surface area contributed by atoms with E-state index >= 15 is 0 Å². The Morgan fingerprint density at radius 1 is 1.12 bits per heavy atom. The van der Waals surface area contributed by atoms with E-state index in [9.17, 15) is 22.8 Å². The molecule has 13 heteroatoms. The van der Waals surface area contributed by atoms with Gasteiger partial charge >= 0.3 is 16.4 Å². The third-order valence-electron chi connectivity index (χ3n) is 4.82. The van der Waals surface area contributed by atoms with E-state index in [0.717, 1.165) is 18.0 Å². The largest absolute Gasteiger partial charge is 0.418 e. The predicted molar refractivity (Wildman–Crippen MR) is 85.3 cm³/mol. The van der Waals surface area contributed by atoms with Gasteiger partial charge in [0.2, 0.25) is 5.91 Å². The molecule has 4 amide bonds. The maximum absolute atomic E-state index is 12.4. The number of nitrogens with one attached hydrogen (secondary N) is 3. The Balaban J connectivity index is 1.56. The van der Waals surface area contributed by atoms with Crippen molar-refractivity contribution < 1.29 is 31.6 Å². The van der Waals surface area contributed by atoms with Crippen LogP contribution in [0.1, 0.15) is 25.7 Å². The summed E-state index contributed by atoms with van der Waals surface area (Å²) in [6, 6.07) is -2.25. The highest BCUT2D eigenvalue weighted by molar-refractivity contribution is 7.80. The molecule has 2 bridgehead atoms. The second-order valence-electron chi connectivity index (χ2n) is 6.51. The van der Waals surface area contributed by atoms with Crippen molar-refractivity contribution >= 4 is 28.2 Å². The van der Waals surface area contributed by atoms with Crippen LogP contribution in [0.4, 0.5) is 4.79 Å². The molecule has 3 aliphatic heterocycles. The van der Waals surface area contributed by atoms with Gasteiger partial charge in [-0.05, 0) is 38.8 Å². The monoisotopic (exact) mass is 391 g/mol. The van der Waals surface area contributed by atoms with Crippen LogP contribution in [0.3, 0.4) is 0 Å². The Hall–Kier alpha value is -1.96. The first-order valence-corrected chi connectivity index (χ1v) is 9.70. The van der Waals surface area contributed by atoms with E-state index in [4.69, 9.17) is 4.55 Å². The molecule has 3 heterocycles. The molecule has 12 nitrogen and oxygen atoms in total. The molecule has 26 heavy (non-hydrogen) atoms. The minimum absolute atomic E-state index is 0.0919. The first kappa shape index (κ1) is 18.8. The Morgan fingerprint density at radius 2 is 1.77 bits per heavy atom. The van der Waals surface area contributed by atoms with E-state index < -0.39 is 34.4 Å². The van der Waals surface area contributed by atoms with Crippen LogP contribution < -0.4 is 16.2 Å². The highest BCUT2D eigenvalue weighted by Gasteiger charge is 2.49. The summed E-state index contributed by atoms with van der Waals surface area (Å²) in [5.74, 6) is -1.02. The molecule has 0 aliphatic carbocycles. The number of nitrogens with zero attached hydrogens (tertiary/aromatic N) is 2. The molecule has 0 aromatic carbocycles. The molecule has 3 rings (SSSR count). The van der Waals surface area contributed by atoms with Gasteiger partial charge in [-0.3, -0.25) is 25.0 Å². The fourth-order valence-corrected chi connectivity index (χ4v) is 3.89. The van der Waals surface area contributed by atoms with Crippen LogP contribution in [0.25, 0.3) is 0 Å². The van der Waals surface area contributed by atoms with Gasteiger partial charge in [0.1, 0.15) is 6.04 Å².